The second-order valence-electron chi connectivity index (χ2n) is 8.30. The first-order valence-corrected chi connectivity index (χ1v) is 11.2. The van der Waals surface area contributed by atoms with E-state index in [1.165, 1.54) is 0 Å². The smallest absolute Gasteiger partial charge is 0.319 e. The van der Waals surface area contributed by atoms with Gasteiger partial charge in [-0.2, -0.15) is 0 Å². The Hall–Kier alpha value is -2.56. The van der Waals surface area contributed by atoms with Crippen molar-refractivity contribution < 1.29 is 33.6 Å². The van der Waals surface area contributed by atoms with Crippen LogP contribution in [-0.4, -0.2) is 68.5 Å². The number of carbonyl (C=O) groups is 2. The molecule has 176 valence electrons. The highest BCUT2D eigenvalue weighted by atomic mass is 16.7. The average molecular weight is 450 g/mol. The summed E-state index contributed by atoms with van der Waals surface area (Å²) in [5.41, 5.74) is 0.585. The molecular formula is C22H31N3O7. The van der Waals surface area contributed by atoms with Crippen LogP contribution in [0.25, 0.3) is 0 Å². The largest absolute Gasteiger partial charge is 0.454 e. The summed E-state index contributed by atoms with van der Waals surface area (Å²) in [6.07, 6.45) is 3.04. The van der Waals surface area contributed by atoms with Crippen molar-refractivity contribution in [2.24, 2.45) is 5.92 Å². The van der Waals surface area contributed by atoms with E-state index in [0.29, 0.717) is 49.8 Å². The fourth-order valence-electron chi connectivity index (χ4n) is 4.28. The van der Waals surface area contributed by atoms with E-state index in [9.17, 15) is 14.7 Å². The third-order valence-corrected chi connectivity index (χ3v) is 6.10. The zero-order valence-electron chi connectivity index (χ0n) is 18.0. The predicted molar refractivity (Wildman–Crippen MR) is 115 cm³/mol. The van der Waals surface area contributed by atoms with Crippen molar-refractivity contribution in [3.8, 4) is 11.5 Å². The number of ether oxygens (including phenoxy) is 4. The van der Waals surface area contributed by atoms with Gasteiger partial charge in [0.05, 0.1) is 18.8 Å². The average Bonchev–Trinajstić information content (AvgIpc) is 3.28. The van der Waals surface area contributed by atoms with Gasteiger partial charge in [-0.3, -0.25) is 4.79 Å². The minimum absolute atomic E-state index is 0.0260. The van der Waals surface area contributed by atoms with Gasteiger partial charge in [0, 0.05) is 37.4 Å². The number of benzene rings is 1. The Morgan fingerprint density at radius 2 is 1.88 bits per heavy atom. The summed E-state index contributed by atoms with van der Waals surface area (Å²) >= 11 is 0. The molecule has 3 aliphatic rings. The van der Waals surface area contributed by atoms with Crippen LogP contribution in [-0.2, 0) is 14.3 Å². The maximum Gasteiger partial charge on any atom is 0.319 e. The molecule has 2 saturated heterocycles. The van der Waals surface area contributed by atoms with Crippen LogP contribution in [0, 0.1) is 5.92 Å². The minimum Gasteiger partial charge on any atom is -0.454 e. The number of hydrogen-bond acceptors (Lipinski definition) is 7. The van der Waals surface area contributed by atoms with E-state index in [2.05, 4.69) is 16.0 Å². The van der Waals surface area contributed by atoms with Gasteiger partial charge in [-0.25, -0.2) is 4.79 Å². The molecule has 4 rings (SSSR count). The molecule has 3 atom stereocenters. The van der Waals surface area contributed by atoms with E-state index in [4.69, 9.17) is 18.9 Å². The Bertz CT molecular complexity index is 800. The van der Waals surface area contributed by atoms with Gasteiger partial charge >= 0.3 is 6.03 Å². The van der Waals surface area contributed by atoms with Crippen molar-refractivity contribution in [1.29, 1.82) is 0 Å². The third-order valence-electron chi connectivity index (χ3n) is 6.10. The van der Waals surface area contributed by atoms with Crippen LogP contribution in [0.15, 0.2) is 18.2 Å². The molecule has 3 amide bonds. The van der Waals surface area contributed by atoms with Crippen molar-refractivity contribution in [2.45, 2.75) is 50.4 Å². The van der Waals surface area contributed by atoms with E-state index in [-0.39, 0.29) is 43.4 Å². The van der Waals surface area contributed by atoms with E-state index in [1.54, 1.807) is 18.2 Å². The normalized spacial score (nSPS) is 25.2. The molecule has 32 heavy (non-hydrogen) atoms. The van der Waals surface area contributed by atoms with Gasteiger partial charge in [-0.05, 0) is 44.2 Å². The van der Waals surface area contributed by atoms with Crippen LogP contribution >= 0.6 is 0 Å². The van der Waals surface area contributed by atoms with Crippen molar-refractivity contribution in [3.05, 3.63) is 18.2 Å². The van der Waals surface area contributed by atoms with E-state index >= 15 is 0 Å². The number of anilines is 1. The summed E-state index contributed by atoms with van der Waals surface area (Å²) in [4.78, 5) is 24.7. The topological polar surface area (TPSA) is 127 Å². The molecule has 3 aliphatic heterocycles. The molecule has 2 fully saturated rings. The number of aliphatic hydroxyl groups excluding tert-OH is 1. The number of urea groups is 1. The van der Waals surface area contributed by atoms with Crippen molar-refractivity contribution in [2.75, 3.05) is 38.5 Å². The molecule has 1 aromatic rings. The summed E-state index contributed by atoms with van der Waals surface area (Å²) < 4.78 is 21.9. The van der Waals surface area contributed by atoms with E-state index in [0.717, 1.165) is 19.3 Å². The second-order valence-corrected chi connectivity index (χ2v) is 8.30. The SMILES string of the molecule is O=C(Nc1ccc2c(c1)OCO2)N[C@@H]1CC[C@@H](CCNC(=O)C2CCOCC2)O[C@H]1CO. The maximum absolute atomic E-state index is 12.4. The Kier molecular flexibility index (Phi) is 7.67. The maximum atomic E-state index is 12.4. The standard InChI is InChI=1S/C22H31N3O7/c26-12-20-17(25-22(28)24-15-1-4-18-19(11-15)31-13-30-18)3-2-16(32-20)5-8-23-21(27)14-6-9-29-10-7-14/h1,4,11,14,16-17,20,26H,2-3,5-10,12-13H2,(H,23,27)(H2,24,25,28)/t16-,17+,20-/m0/s1. The zero-order valence-corrected chi connectivity index (χ0v) is 18.0. The lowest BCUT2D eigenvalue weighted by Crippen LogP contribution is -2.52. The zero-order chi connectivity index (χ0) is 22.3. The first-order valence-electron chi connectivity index (χ1n) is 11.2. The summed E-state index contributed by atoms with van der Waals surface area (Å²) in [6.45, 7) is 1.78. The van der Waals surface area contributed by atoms with Gasteiger partial charge in [0.15, 0.2) is 11.5 Å². The summed E-state index contributed by atoms with van der Waals surface area (Å²) in [6, 6.07) is 4.50. The molecule has 3 heterocycles. The summed E-state index contributed by atoms with van der Waals surface area (Å²) in [5.74, 6) is 1.33. The fourth-order valence-corrected chi connectivity index (χ4v) is 4.28. The van der Waals surface area contributed by atoms with Gasteiger partial charge in [-0.15, -0.1) is 0 Å². The molecule has 4 N–H and O–H groups in total. The highest BCUT2D eigenvalue weighted by Crippen LogP contribution is 2.34. The van der Waals surface area contributed by atoms with E-state index < -0.39 is 6.10 Å². The molecule has 0 spiro atoms. The lowest BCUT2D eigenvalue weighted by molar-refractivity contribution is -0.128. The molecule has 0 bridgehead atoms. The van der Waals surface area contributed by atoms with Crippen LogP contribution in [0.1, 0.15) is 32.1 Å². The van der Waals surface area contributed by atoms with Crippen molar-refractivity contribution in [3.63, 3.8) is 0 Å². The Balaban J connectivity index is 1.19. The number of aliphatic hydroxyl groups is 1. The van der Waals surface area contributed by atoms with Crippen molar-refractivity contribution in [1.82, 2.24) is 10.6 Å². The highest BCUT2D eigenvalue weighted by molar-refractivity contribution is 5.90. The number of amides is 3. The van der Waals surface area contributed by atoms with Crippen molar-refractivity contribution >= 4 is 17.6 Å². The number of carbonyl (C=O) groups excluding carboxylic acids is 2. The van der Waals surface area contributed by atoms with Crippen LogP contribution in [0.3, 0.4) is 0 Å². The van der Waals surface area contributed by atoms with Gasteiger partial charge < -0.3 is 40.0 Å². The first kappa shape index (κ1) is 22.6. The fraction of sp³-hybridized carbons (Fsp3) is 0.636. The van der Waals surface area contributed by atoms with Crippen LogP contribution < -0.4 is 25.4 Å². The predicted octanol–water partition coefficient (Wildman–Crippen LogP) is 1.38. The molecule has 0 aromatic heterocycles. The molecular weight excluding hydrogens is 418 g/mol. The first-order chi connectivity index (χ1) is 15.6. The molecule has 0 aliphatic carbocycles. The van der Waals surface area contributed by atoms with Gasteiger partial charge in [-0.1, -0.05) is 0 Å². The highest BCUT2D eigenvalue weighted by Gasteiger charge is 2.32. The monoisotopic (exact) mass is 449 g/mol. The molecule has 0 unspecified atom stereocenters. The van der Waals surface area contributed by atoms with E-state index in [1.807, 2.05) is 0 Å². The summed E-state index contributed by atoms with van der Waals surface area (Å²) in [7, 11) is 0. The summed E-state index contributed by atoms with van der Waals surface area (Å²) in [5, 5.41) is 18.4. The number of fused-ring (bicyclic) bond motifs is 1. The molecule has 0 radical (unpaired) electrons. The van der Waals surface area contributed by atoms with Crippen LogP contribution in [0.2, 0.25) is 0 Å². The Morgan fingerprint density at radius 1 is 1.06 bits per heavy atom. The molecule has 10 heteroatoms. The quantitative estimate of drug-likeness (QED) is 0.495. The number of nitrogens with one attached hydrogen (secondary N) is 3. The van der Waals surface area contributed by atoms with Gasteiger partial charge in [0.1, 0.15) is 6.10 Å². The van der Waals surface area contributed by atoms with Crippen LogP contribution in [0.5, 0.6) is 11.5 Å². The minimum atomic E-state index is -0.498. The van der Waals surface area contributed by atoms with Crippen LogP contribution in [0.4, 0.5) is 10.5 Å². The van der Waals surface area contributed by atoms with Gasteiger partial charge in [0.2, 0.25) is 12.7 Å². The number of rotatable bonds is 7. The molecule has 0 saturated carbocycles. The Morgan fingerprint density at radius 3 is 2.69 bits per heavy atom. The molecule has 10 nitrogen and oxygen atoms in total. The third kappa shape index (κ3) is 5.81. The van der Waals surface area contributed by atoms with Gasteiger partial charge in [0.25, 0.3) is 0 Å². The lowest BCUT2D eigenvalue weighted by Gasteiger charge is -2.36. The molecule has 1 aromatic carbocycles. The second kappa shape index (κ2) is 10.8. The number of hydrogen-bond donors (Lipinski definition) is 4. The lowest BCUT2D eigenvalue weighted by atomic mass is 9.96. The Labute approximate surface area is 186 Å².